The van der Waals surface area contributed by atoms with Gasteiger partial charge in [-0.1, -0.05) is 34.6 Å². The molecular formula is C42H67NO8. The lowest BCUT2D eigenvalue weighted by Crippen LogP contribution is -2.61. The molecule has 0 aromatic carbocycles. The second kappa shape index (κ2) is 11.8. The molecule has 9 aliphatic rings. The molecule has 6 saturated carbocycles. The van der Waals surface area contributed by atoms with Gasteiger partial charge in [0.05, 0.1) is 56.3 Å². The molecule has 0 aromatic rings. The van der Waals surface area contributed by atoms with Crippen LogP contribution in [0.25, 0.3) is 0 Å². The maximum absolute atomic E-state index is 13.7. The van der Waals surface area contributed by atoms with Crippen LogP contribution in [-0.4, -0.2) is 102 Å². The van der Waals surface area contributed by atoms with Gasteiger partial charge in [-0.2, -0.15) is 0 Å². The standard InChI is InChI=1S/C42H67NO8/c1-24-18-27(35(45)38(4,5)46)49-34-33(24)39(6)14-15-42-23-41(42)13-12-30(50-32-20-43(16-17-48-32)26-21-47-22-26)37(2,3)28(41)10-11-29(42)40(39,7)36(34)51-31(44)19-25-8-9-25/h24-30,32-36,45-46H,8-23H2,1-7H3/t24-,27?,28+,29?,30?,32+,33+,34?,35?,36+,39?,40-,41?,42?/m1/s1. The Balaban J connectivity index is 1.00. The fourth-order valence-electron chi connectivity index (χ4n) is 14.8. The van der Waals surface area contributed by atoms with Gasteiger partial charge in [-0.15, -0.1) is 0 Å². The molecule has 0 bridgehead atoms. The summed E-state index contributed by atoms with van der Waals surface area (Å²) in [6, 6.07) is 0.504. The van der Waals surface area contributed by atoms with Gasteiger partial charge in [-0.25, -0.2) is 0 Å². The molecule has 9 heteroatoms. The maximum atomic E-state index is 13.7. The minimum atomic E-state index is -1.28. The smallest absolute Gasteiger partial charge is 0.306 e. The van der Waals surface area contributed by atoms with Gasteiger partial charge in [0.25, 0.3) is 0 Å². The molecule has 9 fully saturated rings. The zero-order valence-electron chi connectivity index (χ0n) is 32.5. The van der Waals surface area contributed by atoms with Crippen LogP contribution in [0.15, 0.2) is 0 Å². The highest BCUT2D eigenvalue weighted by Crippen LogP contribution is 2.89. The van der Waals surface area contributed by atoms with Crippen LogP contribution in [0.1, 0.15) is 119 Å². The Morgan fingerprint density at radius 1 is 1.00 bits per heavy atom. The van der Waals surface area contributed by atoms with Gasteiger partial charge in [-0.3, -0.25) is 9.69 Å². The zero-order chi connectivity index (χ0) is 35.9. The van der Waals surface area contributed by atoms with Crippen molar-refractivity contribution in [1.82, 2.24) is 4.90 Å². The highest BCUT2D eigenvalue weighted by atomic mass is 16.7. The fraction of sp³-hybridized carbons (Fsp3) is 0.976. The summed E-state index contributed by atoms with van der Waals surface area (Å²) in [5.74, 6) is 1.94. The van der Waals surface area contributed by atoms with E-state index in [1.807, 2.05) is 0 Å². The second-order valence-corrected chi connectivity index (χ2v) is 20.9. The molecule has 51 heavy (non-hydrogen) atoms. The van der Waals surface area contributed by atoms with E-state index in [-0.39, 0.29) is 64.1 Å². The van der Waals surface area contributed by atoms with Crippen LogP contribution in [0, 0.1) is 56.7 Å². The lowest BCUT2D eigenvalue weighted by atomic mass is 9.41. The number of nitrogens with zero attached hydrogens (tertiary/aromatic N) is 1. The predicted octanol–water partition coefficient (Wildman–Crippen LogP) is 5.72. The van der Waals surface area contributed by atoms with Gasteiger partial charge < -0.3 is 33.9 Å². The third-order valence-corrected chi connectivity index (χ3v) is 17.7. The highest BCUT2D eigenvalue weighted by Gasteiger charge is 2.85. The number of aliphatic hydroxyl groups excluding tert-OH is 1. The summed E-state index contributed by atoms with van der Waals surface area (Å²) >= 11 is 0. The van der Waals surface area contributed by atoms with Crippen molar-refractivity contribution in [2.24, 2.45) is 56.7 Å². The van der Waals surface area contributed by atoms with Crippen molar-refractivity contribution in [2.45, 2.75) is 168 Å². The fourth-order valence-corrected chi connectivity index (χ4v) is 14.8. The molecule has 14 atom stereocenters. The number of esters is 1. The molecule has 9 nitrogen and oxygen atoms in total. The Hall–Kier alpha value is -0.810. The average molecular weight is 714 g/mol. The summed E-state index contributed by atoms with van der Waals surface area (Å²) in [5.41, 5.74) is -0.977. The van der Waals surface area contributed by atoms with Gasteiger partial charge in [0.1, 0.15) is 12.2 Å². The molecule has 9 rings (SSSR count). The molecule has 6 aliphatic carbocycles. The monoisotopic (exact) mass is 713 g/mol. The number of rotatable bonds is 8. The van der Waals surface area contributed by atoms with E-state index < -0.39 is 17.8 Å². The molecule has 0 aromatic heterocycles. The molecule has 3 saturated heterocycles. The predicted molar refractivity (Wildman–Crippen MR) is 190 cm³/mol. The molecule has 3 heterocycles. The van der Waals surface area contributed by atoms with Crippen LogP contribution >= 0.6 is 0 Å². The lowest BCUT2D eigenvalue weighted by molar-refractivity contribution is -0.256. The van der Waals surface area contributed by atoms with Gasteiger partial charge in [0.15, 0.2) is 6.29 Å². The number of aliphatic hydroxyl groups is 2. The van der Waals surface area contributed by atoms with Crippen LogP contribution in [0.2, 0.25) is 0 Å². The maximum Gasteiger partial charge on any atom is 0.306 e. The van der Waals surface area contributed by atoms with Crippen LogP contribution < -0.4 is 0 Å². The Kier molecular flexibility index (Phi) is 8.33. The van der Waals surface area contributed by atoms with E-state index in [1.54, 1.807) is 13.8 Å². The van der Waals surface area contributed by atoms with Crippen LogP contribution in [-0.2, 0) is 28.5 Å². The van der Waals surface area contributed by atoms with Crippen molar-refractivity contribution in [1.29, 1.82) is 0 Å². The van der Waals surface area contributed by atoms with Crippen molar-refractivity contribution >= 4 is 5.97 Å². The summed E-state index contributed by atoms with van der Waals surface area (Å²) < 4.78 is 32.5. The SMILES string of the molecule is C[C@@H]1CC(C(O)C(C)(C)O)OC2[C@H]1C1(C)CCC34CC35CCC(O[C@H]3CN(C6COC6)CCO3)C(C)(C)[C@@H]5CCC4[C@]1(C)[C@H]2OC(=O)CC1CC1. The summed E-state index contributed by atoms with van der Waals surface area (Å²) in [4.78, 5) is 16.2. The van der Waals surface area contributed by atoms with Crippen molar-refractivity contribution in [2.75, 3.05) is 32.9 Å². The van der Waals surface area contributed by atoms with Gasteiger partial charge >= 0.3 is 5.97 Å². The van der Waals surface area contributed by atoms with E-state index >= 15 is 0 Å². The molecule has 8 unspecified atom stereocenters. The number of morpholine rings is 1. The van der Waals surface area contributed by atoms with Crippen molar-refractivity contribution in [3.05, 3.63) is 0 Å². The third kappa shape index (κ3) is 5.13. The summed E-state index contributed by atoms with van der Waals surface area (Å²) in [5, 5.41) is 22.2. The third-order valence-electron chi connectivity index (χ3n) is 17.7. The van der Waals surface area contributed by atoms with Crippen molar-refractivity contribution < 1.29 is 38.7 Å². The van der Waals surface area contributed by atoms with E-state index in [0.717, 1.165) is 65.0 Å². The largest absolute Gasteiger partial charge is 0.459 e. The van der Waals surface area contributed by atoms with Crippen LogP contribution in [0.4, 0.5) is 0 Å². The molecule has 2 N–H and O–H groups in total. The number of hydrogen-bond acceptors (Lipinski definition) is 9. The zero-order valence-corrected chi connectivity index (χ0v) is 32.5. The highest BCUT2D eigenvalue weighted by molar-refractivity contribution is 5.70. The molecule has 0 amide bonds. The Morgan fingerprint density at radius 3 is 2.41 bits per heavy atom. The number of fused-ring (bicyclic) bond motifs is 4. The topological polar surface area (TPSA) is 107 Å². The summed E-state index contributed by atoms with van der Waals surface area (Å²) in [6.45, 7) is 19.8. The first-order chi connectivity index (χ1) is 24.0. The van der Waals surface area contributed by atoms with E-state index in [2.05, 4.69) is 39.5 Å². The minimum absolute atomic E-state index is 0.0392. The Labute approximate surface area is 306 Å². The van der Waals surface area contributed by atoms with Crippen LogP contribution in [0.3, 0.4) is 0 Å². The summed E-state index contributed by atoms with van der Waals surface area (Å²) in [6.07, 6.45) is 9.53. The van der Waals surface area contributed by atoms with Crippen molar-refractivity contribution in [3.63, 3.8) is 0 Å². The molecule has 288 valence electrons. The second-order valence-electron chi connectivity index (χ2n) is 20.9. The van der Waals surface area contributed by atoms with Gasteiger partial charge in [0, 0.05) is 18.4 Å². The van der Waals surface area contributed by atoms with Gasteiger partial charge in [-0.05, 0) is 129 Å². The minimum Gasteiger partial charge on any atom is -0.459 e. The van der Waals surface area contributed by atoms with E-state index in [0.29, 0.717) is 42.1 Å². The molecule has 0 radical (unpaired) electrons. The summed E-state index contributed by atoms with van der Waals surface area (Å²) in [7, 11) is 0. The van der Waals surface area contributed by atoms with Gasteiger partial charge in [0.2, 0.25) is 0 Å². The number of hydrogen-bond donors (Lipinski definition) is 2. The van der Waals surface area contributed by atoms with Crippen LogP contribution in [0.5, 0.6) is 0 Å². The first-order valence-corrected chi connectivity index (χ1v) is 20.9. The lowest BCUT2D eigenvalue weighted by Gasteiger charge is -2.64. The molecule has 3 aliphatic heterocycles. The number of carbonyl (C=O) groups is 1. The molecule has 2 spiro atoms. The first kappa shape index (κ1) is 35.9. The van der Waals surface area contributed by atoms with E-state index in [4.69, 9.17) is 23.7 Å². The Morgan fingerprint density at radius 2 is 1.73 bits per heavy atom. The normalized spacial score (nSPS) is 51.2. The number of ether oxygens (including phenoxy) is 5. The quantitative estimate of drug-likeness (QED) is 0.306. The van der Waals surface area contributed by atoms with E-state index in [1.165, 1.54) is 25.7 Å². The number of carbonyl (C=O) groups excluding carboxylic acids is 1. The Bertz CT molecular complexity index is 1370. The first-order valence-electron chi connectivity index (χ1n) is 20.9. The molecular weight excluding hydrogens is 646 g/mol. The average Bonchev–Trinajstić information content (AvgIpc) is 3.95. The van der Waals surface area contributed by atoms with E-state index in [9.17, 15) is 15.0 Å². The van der Waals surface area contributed by atoms with Crippen molar-refractivity contribution in [3.8, 4) is 0 Å².